The SMILES string of the molecule is O=C1CN1c1cc(-c2ccc(-c3cc(C(F)(F)F)cc(C(F)(F)F)c3)cc2)cc(N2CC2=O)c1. The molecule has 3 aromatic carbocycles. The van der Waals surface area contributed by atoms with Crippen LogP contribution in [-0.4, -0.2) is 24.9 Å². The Bertz CT molecular complexity index is 1260. The Hall–Kier alpha value is -3.82. The van der Waals surface area contributed by atoms with E-state index < -0.39 is 23.5 Å². The third-order valence-electron chi connectivity index (χ3n) is 5.65. The van der Waals surface area contributed by atoms with Gasteiger partial charge < -0.3 is 9.80 Å². The first-order valence-corrected chi connectivity index (χ1v) is 10.1. The van der Waals surface area contributed by atoms with Crippen LogP contribution in [0.1, 0.15) is 11.1 Å². The molecule has 2 saturated heterocycles. The molecule has 5 rings (SSSR count). The Balaban J connectivity index is 1.53. The number of benzene rings is 3. The third-order valence-corrected chi connectivity index (χ3v) is 5.65. The lowest BCUT2D eigenvalue weighted by Crippen LogP contribution is -2.11. The minimum Gasteiger partial charge on any atom is -0.301 e. The first-order chi connectivity index (χ1) is 15.9. The highest BCUT2D eigenvalue weighted by molar-refractivity contribution is 6.15. The van der Waals surface area contributed by atoms with E-state index in [9.17, 15) is 35.9 Å². The van der Waals surface area contributed by atoms with Crippen molar-refractivity contribution in [2.45, 2.75) is 12.4 Å². The van der Waals surface area contributed by atoms with Crippen LogP contribution in [0.15, 0.2) is 60.7 Å². The molecule has 0 radical (unpaired) electrons. The average Bonchev–Trinajstić information content (AvgIpc) is 3.69. The number of halogens is 6. The van der Waals surface area contributed by atoms with Gasteiger partial charge in [-0.3, -0.25) is 9.59 Å². The van der Waals surface area contributed by atoms with Gasteiger partial charge in [-0.2, -0.15) is 26.3 Å². The molecule has 0 saturated carbocycles. The predicted molar refractivity (Wildman–Crippen MR) is 112 cm³/mol. The van der Waals surface area contributed by atoms with Crippen molar-refractivity contribution in [2.75, 3.05) is 22.9 Å². The molecule has 174 valence electrons. The molecular weight excluding hydrogens is 462 g/mol. The van der Waals surface area contributed by atoms with E-state index in [1.165, 1.54) is 21.9 Å². The molecule has 2 heterocycles. The quantitative estimate of drug-likeness (QED) is 0.355. The van der Waals surface area contributed by atoms with Gasteiger partial charge in [-0.05, 0) is 58.7 Å². The third kappa shape index (κ3) is 4.23. The highest BCUT2D eigenvalue weighted by Gasteiger charge is 2.37. The zero-order valence-corrected chi connectivity index (χ0v) is 17.2. The molecule has 4 nitrogen and oxygen atoms in total. The molecule has 3 aromatic rings. The summed E-state index contributed by atoms with van der Waals surface area (Å²) in [6.07, 6.45) is -9.87. The van der Waals surface area contributed by atoms with Crippen LogP contribution in [0, 0.1) is 0 Å². The van der Waals surface area contributed by atoms with Crippen molar-refractivity contribution < 1.29 is 35.9 Å². The van der Waals surface area contributed by atoms with Crippen LogP contribution in [0.2, 0.25) is 0 Å². The number of hydrogen-bond donors (Lipinski definition) is 0. The van der Waals surface area contributed by atoms with Gasteiger partial charge in [0.1, 0.15) is 13.1 Å². The lowest BCUT2D eigenvalue weighted by Gasteiger charge is -2.15. The van der Waals surface area contributed by atoms with Gasteiger partial charge >= 0.3 is 12.4 Å². The van der Waals surface area contributed by atoms with Crippen LogP contribution in [0.5, 0.6) is 0 Å². The van der Waals surface area contributed by atoms with Gasteiger partial charge in [0.15, 0.2) is 0 Å². The standard InChI is InChI=1S/C24H14F6N2O2/c25-23(26,27)17-5-15(6-18(9-17)24(28,29)30)13-1-3-14(4-2-13)16-7-19(31-11-21(31)33)10-20(8-16)32-12-22(32)34/h1-10H,11-12H2. The van der Waals surface area contributed by atoms with Crippen molar-refractivity contribution in [3.63, 3.8) is 0 Å². The predicted octanol–water partition coefficient (Wildman–Crippen LogP) is 5.75. The number of carbonyl (C=O) groups is 2. The summed E-state index contributed by atoms with van der Waals surface area (Å²) in [4.78, 5) is 26.2. The second-order valence-electron chi connectivity index (χ2n) is 8.07. The lowest BCUT2D eigenvalue weighted by molar-refractivity contribution is -0.143. The molecule has 0 atom stereocenters. The van der Waals surface area contributed by atoms with Crippen molar-refractivity contribution in [2.24, 2.45) is 0 Å². The smallest absolute Gasteiger partial charge is 0.301 e. The molecule has 0 bridgehead atoms. The molecule has 2 aliphatic rings. The van der Waals surface area contributed by atoms with Crippen LogP contribution >= 0.6 is 0 Å². The van der Waals surface area contributed by atoms with Gasteiger partial charge in [-0.1, -0.05) is 24.3 Å². The topological polar surface area (TPSA) is 40.2 Å². The number of alkyl halides is 6. The molecule has 34 heavy (non-hydrogen) atoms. The maximum atomic E-state index is 13.2. The Morgan fingerprint density at radius 1 is 0.529 bits per heavy atom. The van der Waals surface area contributed by atoms with Gasteiger partial charge in [-0.15, -0.1) is 0 Å². The van der Waals surface area contributed by atoms with Gasteiger partial charge in [0, 0.05) is 11.4 Å². The summed E-state index contributed by atoms with van der Waals surface area (Å²) < 4.78 is 79.1. The van der Waals surface area contributed by atoms with Crippen LogP contribution in [0.4, 0.5) is 37.7 Å². The molecule has 0 aliphatic carbocycles. The van der Waals surface area contributed by atoms with E-state index in [1.807, 2.05) is 0 Å². The van der Waals surface area contributed by atoms with Crippen molar-refractivity contribution >= 4 is 23.2 Å². The highest BCUT2D eigenvalue weighted by Crippen LogP contribution is 2.40. The van der Waals surface area contributed by atoms with E-state index in [4.69, 9.17) is 0 Å². The van der Waals surface area contributed by atoms with E-state index in [1.54, 1.807) is 30.3 Å². The van der Waals surface area contributed by atoms with Gasteiger partial charge in [-0.25, -0.2) is 0 Å². The Morgan fingerprint density at radius 2 is 0.882 bits per heavy atom. The van der Waals surface area contributed by atoms with Crippen LogP contribution in [0.25, 0.3) is 22.3 Å². The van der Waals surface area contributed by atoms with E-state index in [0.29, 0.717) is 34.6 Å². The van der Waals surface area contributed by atoms with Crippen molar-refractivity contribution in [3.8, 4) is 22.3 Å². The summed E-state index contributed by atoms with van der Waals surface area (Å²) in [6, 6.07) is 12.7. The molecule has 10 heteroatoms. The molecule has 0 spiro atoms. The molecule has 0 N–H and O–H groups in total. The normalized spacial score (nSPS) is 15.7. The zero-order valence-electron chi connectivity index (χ0n) is 17.2. The highest BCUT2D eigenvalue weighted by atomic mass is 19.4. The first-order valence-electron chi connectivity index (χ1n) is 10.1. The van der Waals surface area contributed by atoms with E-state index in [-0.39, 0.29) is 42.1 Å². The van der Waals surface area contributed by atoms with Gasteiger partial charge in [0.2, 0.25) is 11.8 Å². The van der Waals surface area contributed by atoms with Crippen molar-refractivity contribution in [1.29, 1.82) is 0 Å². The Morgan fingerprint density at radius 3 is 1.21 bits per heavy atom. The van der Waals surface area contributed by atoms with Crippen LogP contribution < -0.4 is 9.80 Å². The second-order valence-corrected chi connectivity index (χ2v) is 8.07. The minimum absolute atomic E-state index is 0.0689. The number of amides is 2. The summed E-state index contributed by atoms with van der Waals surface area (Å²) >= 11 is 0. The summed E-state index contributed by atoms with van der Waals surface area (Å²) in [6.45, 7) is 0.514. The Kier molecular flexibility index (Phi) is 4.75. The zero-order chi connectivity index (χ0) is 24.4. The van der Waals surface area contributed by atoms with Crippen molar-refractivity contribution in [1.82, 2.24) is 0 Å². The van der Waals surface area contributed by atoms with Crippen LogP contribution in [0.3, 0.4) is 0 Å². The lowest BCUT2D eigenvalue weighted by atomic mass is 9.96. The molecule has 2 aliphatic heterocycles. The number of carbonyl (C=O) groups excluding carboxylic acids is 2. The monoisotopic (exact) mass is 476 g/mol. The fourth-order valence-corrected chi connectivity index (χ4v) is 3.72. The fraction of sp³-hybridized carbons (Fsp3) is 0.167. The molecular formula is C24H14F6N2O2. The second kappa shape index (κ2) is 7.34. The summed E-state index contributed by atoms with van der Waals surface area (Å²) in [7, 11) is 0. The number of hydrogen-bond acceptors (Lipinski definition) is 2. The largest absolute Gasteiger partial charge is 0.416 e. The van der Waals surface area contributed by atoms with Crippen molar-refractivity contribution in [3.05, 3.63) is 71.8 Å². The van der Waals surface area contributed by atoms with E-state index in [2.05, 4.69) is 0 Å². The summed E-state index contributed by atoms with van der Waals surface area (Å²) in [5.41, 5.74) is -0.318. The molecule has 0 unspecified atom stereocenters. The summed E-state index contributed by atoms with van der Waals surface area (Å²) in [5, 5.41) is 0. The fourth-order valence-electron chi connectivity index (χ4n) is 3.72. The van der Waals surface area contributed by atoms with Gasteiger partial charge in [0.05, 0.1) is 11.1 Å². The van der Waals surface area contributed by atoms with Gasteiger partial charge in [0.25, 0.3) is 0 Å². The summed E-state index contributed by atoms with van der Waals surface area (Å²) in [5.74, 6) is -0.138. The maximum Gasteiger partial charge on any atom is 0.416 e. The molecule has 2 fully saturated rings. The number of rotatable bonds is 4. The van der Waals surface area contributed by atoms with Crippen LogP contribution in [-0.2, 0) is 21.9 Å². The average molecular weight is 476 g/mol. The number of nitrogens with zero attached hydrogens (tertiary/aromatic N) is 2. The molecule has 0 aromatic heterocycles. The minimum atomic E-state index is -4.93. The number of anilines is 2. The molecule has 2 amide bonds. The van der Waals surface area contributed by atoms with E-state index >= 15 is 0 Å². The maximum absolute atomic E-state index is 13.2. The first kappa shape index (κ1) is 22.0. The Labute approximate surface area is 189 Å². The van der Waals surface area contributed by atoms with E-state index in [0.717, 1.165) is 0 Å².